The van der Waals surface area contributed by atoms with Gasteiger partial charge in [0.2, 0.25) is 0 Å². The van der Waals surface area contributed by atoms with Crippen molar-refractivity contribution in [3.8, 4) is 5.75 Å². The van der Waals surface area contributed by atoms with Crippen LogP contribution in [-0.4, -0.2) is 18.1 Å². The average Bonchev–Trinajstić information content (AvgIpc) is 2.81. The summed E-state index contributed by atoms with van der Waals surface area (Å²) in [5, 5.41) is 6.43. The van der Waals surface area contributed by atoms with Gasteiger partial charge >= 0.3 is 5.97 Å². The molecule has 158 valence electrons. The monoisotopic (exact) mass is 442 g/mol. The molecule has 5 nitrogen and oxygen atoms in total. The molecule has 4 rings (SSSR count). The Morgan fingerprint density at radius 2 is 1.56 bits per heavy atom. The third-order valence-electron chi connectivity index (χ3n) is 4.89. The second-order valence-electron chi connectivity index (χ2n) is 7.16. The SMILES string of the molecule is Cc1ccc(C(=O)Oc2ccc3ccccc3c2/C=N/NC(=O)c2ccc(Cl)cc2)cc1. The number of carbonyl (C=O) groups excluding carboxylic acids is 2. The molecule has 0 aromatic heterocycles. The fourth-order valence-corrected chi connectivity index (χ4v) is 3.29. The molecule has 6 heteroatoms. The summed E-state index contributed by atoms with van der Waals surface area (Å²) in [5.41, 5.74) is 5.01. The number of fused-ring (bicyclic) bond motifs is 1. The lowest BCUT2D eigenvalue weighted by molar-refractivity contribution is 0.0734. The smallest absolute Gasteiger partial charge is 0.343 e. The van der Waals surface area contributed by atoms with Crippen LogP contribution in [-0.2, 0) is 0 Å². The van der Waals surface area contributed by atoms with E-state index in [1.807, 2.05) is 49.4 Å². The normalized spacial score (nSPS) is 10.9. The van der Waals surface area contributed by atoms with Crippen molar-refractivity contribution in [2.24, 2.45) is 5.10 Å². The highest BCUT2D eigenvalue weighted by molar-refractivity contribution is 6.30. The van der Waals surface area contributed by atoms with E-state index in [2.05, 4.69) is 10.5 Å². The number of hydrogen-bond donors (Lipinski definition) is 1. The number of carbonyl (C=O) groups is 2. The second-order valence-corrected chi connectivity index (χ2v) is 7.60. The van der Waals surface area contributed by atoms with Gasteiger partial charge in [0, 0.05) is 16.1 Å². The predicted octanol–water partition coefficient (Wildman–Crippen LogP) is 5.78. The summed E-state index contributed by atoms with van der Waals surface area (Å²) < 4.78 is 5.68. The first kappa shape index (κ1) is 21.3. The van der Waals surface area contributed by atoms with Crippen LogP contribution in [0, 0.1) is 6.92 Å². The van der Waals surface area contributed by atoms with E-state index in [4.69, 9.17) is 16.3 Å². The molecule has 0 unspecified atom stereocenters. The van der Waals surface area contributed by atoms with Crippen LogP contribution in [0.1, 0.15) is 31.8 Å². The molecule has 0 aliphatic rings. The van der Waals surface area contributed by atoms with Crippen LogP contribution in [0.5, 0.6) is 5.75 Å². The maximum Gasteiger partial charge on any atom is 0.343 e. The first-order valence-corrected chi connectivity index (χ1v) is 10.3. The number of hydrogen-bond acceptors (Lipinski definition) is 4. The Bertz CT molecular complexity index is 1310. The van der Waals surface area contributed by atoms with Gasteiger partial charge in [-0.3, -0.25) is 4.79 Å². The van der Waals surface area contributed by atoms with E-state index in [0.717, 1.165) is 16.3 Å². The Hall–Kier alpha value is -3.96. The quantitative estimate of drug-likeness (QED) is 0.184. The number of nitrogens with one attached hydrogen (secondary N) is 1. The van der Waals surface area contributed by atoms with Gasteiger partial charge in [-0.1, -0.05) is 59.6 Å². The molecule has 0 atom stereocenters. The molecule has 0 saturated carbocycles. The minimum absolute atomic E-state index is 0.346. The first-order valence-electron chi connectivity index (χ1n) is 9.91. The summed E-state index contributed by atoms with van der Waals surface area (Å²) in [5.74, 6) is -0.504. The number of esters is 1. The molecule has 4 aromatic carbocycles. The van der Waals surface area contributed by atoms with Crippen LogP contribution in [0.3, 0.4) is 0 Å². The maximum absolute atomic E-state index is 12.7. The Morgan fingerprint density at radius 1 is 0.875 bits per heavy atom. The fraction of sp³-hybridized carbons (Fsp3) is 0.0385. The number of halogens is 1. The van der Waals surface area contributed by atoms with Crippen molar-refractivity contribution in [3.05, 3.63) is 112 Å². The molecule has 0 aliphatic carbocycles. The van der Waals surface area contributed by atoms with Crippen LogP contribution in [0.2, 0.25) is 5.02 Å². The van der Waals surface area contributed by atoms with E-state index < -0.39 is 5.97 Å². The number of aryl methyl sites for hydroxylation is 1. The van der Waals surface area contributed by atoms with E-state index in [0.29, 0.717) is 27.5 Å². The summed E-state index contributed by atoms with van der Waals surface area (Å²) >= 11 is 5.86. The van der Waals surface area contributed by atoms with Gasteiger partial charge in [0.1, 0.15) is 5.75 Å². The van der Waals surface area contributed by atoms with Crippen LogP contribution in [0.25, 0.3) is 10.8 Å². The lowest BCUT2D eigenvalue weighted by Crippen LogP contribution is -2.17. The minimum Gasteiger partial charge on any atom is -0.422 e. The molecule has 1 amide bonds. The number of amides is 1. The zero-order chi connectivity index (χ0) is 22.5. The van der Waals surface area contributed by atoms with E-state index in [1.165, 1.54) is 6.21 Å². The van der Waals surface area contributed by atoms with Crippen LogP contribution >= 0.6 is 11.6 Å². The van der Waals surface area contributed by atoms with E-state index >= 15 is 0 Å². The summed E-state index contributed by atoms with van der Waals surface area (Å²) in [7, 11) is 0. The highest BCUT2D eigenvalue weighted by atomic mass is 35.5. The van der Waals surface area contributed by atoms with Gasteiger partial charge in [-0.05, 0) is 60.2 Å². The summed E-state index contributed by atoms with van der Waals surface area (Å²) in [4.78, 5) is 25.0. The van der Waals surface area contributed by atoms with Gasteiger partial charge in [0.05, 0.1) is 11.8 Å². The lowest BCUT2D eigenvalue weighted by atomic mass is 10.0. The summed E-state index contributed by atoms with van der Waals surface area (Å²) in [6, 6.07) is 24.9. The number of rotatable bonds is 5. The van der Waals surface area contributed by atoms with Gasteiger partial charge in [-0.25, -0.2) is 10.2 Å². The van der Waals surface area contributed by atoms with E-state index in [9.17, 15) is 9.59 Å². The Morgan fingerprint density at radius 3 is 2.31 bits per heavy atom. The van der Waals surface area contributed by atoms with Crippen LogP contribution in [0.15, 0.2) is 90.0 Å². The highest BCUT2D eigenvalue weighted by Crippen LogP contribution is 2.27. The maximum atomic E-state index is 12.7. The average molecular weight is 443 g/mol. The Labute approximate surface area is 190 Å². The number of benzene rings is 4. The van der Waals surface area contributed by atoms with Gasteiger partial charge in [0.25, 0.3) is 5.91 Å². The van der Waals surface area contributed by atoms with Crippen molar-refractivity contribution >= 4 is 40.5 Å². The van der Waals surface area contributed by atoms with Gasteiger partial charge in [0.15, 0.2) is 0 Å². The molecular formula is C26H19ClN2O3. The molecular weight excluding hydrogens is 424 g/mol. The molecule has 0 bridgehead atoms. The topological polar surface area (TPSA) is 67.8 Å². The Kier molecular flexibility index (Phi) is 6.29. The van der Waals surface area contributed by atoms with Gasteiger partial charge < -0.3 is 4.74 Å². The number of nitrogens with zero attached hydrogens (tertiary/aromatic N) is 1. The molecule has 1 N–H and O–H groups in total. The van der Waals surface area contributed by atoms with Crippen molar-refractivity contribution in [1.82, 2.24) is 5.43 Å². The third kappa shape index (κ3) is 4.85. The largest absolute Gasteiger partial charge is 0.422 e. The van der Waals surface area contributed by atoms with E-state index in [1.54, 1.807) is 42.5 Å². The molecule has 0 radical (unpaired) electrons. The molecule has 0 spiro atoms. The van der Waals surface area contributed by atoms with Crippen molar-refractivity contribution in [1.29, 1.82) is 0 Å². The first-order chi connectivity index (χ1) is 15.5. The highest BCUT2D eigenvalue weighted by Gasteiger charge is 2.13. The standard InChI is InChI=1S/C26H19ClN2O3/c1-17-6-8-20(9-7-17)26(31)32-24-15-12-18-4-2-3-5-22(18)23(24)16-28-29-25(30)19-10-13-21(27)14-11-19/h2-16H,1H3,(H,29,30)/b28-16+. The molecule has 0 heterocycles. The zero-order valence-electron chi connectivity index (χ0n) is 17.2. The zero-order valence-corrected chi connectivity index (χ0v) is 18.0. The van der Waals surface area contributed by atoms with Crippen molar-refractivity contribution in [2.45, 2.75) is 6.92 Å². The second kappa shape index (κ2) is 9.45. The summed E-state index contributed by atoms with van der Waals surface area (Å²) in [6.45, 7) is 1.95. The molecule has 0 saturated heterocycles. The fourth-order valence-electron chi connectivity index (χ4n) is 3.17. The molecule has 0 aliphatic heterocycles. The number of hydrazone groups is 1. The Balaban J connectivity index is 1.62. The van der Waals surface area contributed by atoms with Gasteiger partial charge in [-0.2, -0.15) is 5.10 Å². The third-order valence-corrected chi connectivity index (χ3v) is 5.14. The molecule has 4 aromatic rings. The van der Waals surface area contributed by atoms with E-state index in [-0.39, 0.29) is 5.91 Å². The van der Waals surface area contributed by atoms with Crippen LogP contribution in [0.4, 0.5) is 0 Å². The van der Waals surface area contributed by atoms with Crippen molar-refractivity contribution in [2.75, 3.05) is 0 Å². The van der Waals surface area contributed by atoms with Crippen molar-refractivity contribution < 1.29 is 14.3 Å². The minimum atomic E-state index is -0.472. The lowest BCUT2D eigenvalue weighted by Gasteiger charge is -2.11. The van der Waals surface area contributed by atoms with Crippen LogP contribution < -0.4 is 10.2 Å². The molecule has 0 fully saturated rings. The van der Waals surface area contributed by atoms with Crippen molar-refractivity contribution in [3.63, 3.8) is 0 Å². The molecule has 32 heavy (non-hydrogen) atoms. The predicted molar refractivity (Wildman–Crippen MR) is 127 cm³/mol. The summed E-state index contributed by atoms with van der Waals surface area (Å²) in [6.07, 6.45) is 1.48. The number of ether oxygens (including phenoxy) is 1. The van der Waals surface area contributed by atoms with Gasteiger partial charge in [-0.15, -0.1) is 0 Å².